The second-order valence-corrected chi connectivity index (χ2v) is 7.71. The summed E-state index contributed by atoms with van der Waals surface area (Å²) in [5, 5.41) is 8.93. The second kappa shape index (κ2) is 7.78. The fraction of sp³-hybridized carbons (Fsp3) is 0.273. The van der Waals surface area contributed by atoms with E-state index in [1.165, 1.54) is 0 Å². The van der Waals surface area contributed by atoms with Crippen LogP contribution in [0.5, 0.6) is 0 Å². The van der Waals surface area contributed by atoms with Crippen molar-refractivity contribution in [3.63, 3.8) is 0 Å². The van der Waals surface area contributed by atoms with Crippen LogP contribution in [0, 0.1) is 5.92 Å². The molecule has 6 heteroatoms. The number of halogens is 1. The fourth-order valence-corrected chi connectivity index (χ4v) is 3.71. The molecule has 0 saturated carbocycles. The molecule has 0 bridgehead atoms. The molecule has 0 aliphatic carbocycles. The zero-order valence-electron chi connectivity index (χ0n) is 16.3. The zero-order chi connectivity index (χ0) is 19.7. The number of hydrogen-bond acceptors (Lipinski definition) is 3. The van der Waals surface area contributed by atoms with Gasteiger partial charge in [-0.2, -0.15) is 5.10 Å². The molecule has 1 atom stereocenters. The van der Waals surface area contributed by atoms with E-state index in [0.29, 0.717) is 17.6 Å². The van der Waals surface area contributed by atoms with E-state index in [-0.39, 0.29) is 6.04 Å². The van der Waals surface area contributed by atoms with E-state index in [9.17, 15) is 0 Å². The summed E-state index contributed by atoms with van der Waals surface area (Å²) in [6, 6.07) is 18.3. The number of aromatic nitrogens is 4. The molecule has 0 radical (unpaired) electrons. The highest BCUT2D eigenvalue weighted by atomic mass is 35.5. The molecule has 2 aromatic carbocycles. The van der Waals surface area contributed by atoms with Crippen molar-refractivity contribution >= 4 is 22.6 Å². The predicted octanol–water partition coefficient (Wildman–Crippen LogP) is 5.10. The van der Waals surface area contributed by atoms with Gasteiger partial charge in [0, 0.05) is 24.7 Å². The van der Waals surface area contributed by atoms with Crippen LogP contribution in [0.4, 0.5) is 0 Å². The topological polar surface area (TPSA) is 58.5 Å². The highest BCUT2D eigenvalue weighted by molar-refractivity contribution is 6.30. The molecular formula is C22H24ClN5. The number of benzene rings is 2. The van der Waals surface area contributed by atoms with Crippen LogP contribution in [0.3, 0.4) is 0 Å². The Hall–Kier alpha value is -2.63. The van der Waals surface area contributed by atoms with Gasteiger partial charge in [-0.3, -0.25) is 4.68 Å². The molecular weight excluding hydrogens is 370 g/mol. The Labute approximate surface area is 169 Å². The van der Waals surface area contributed by atoms with Gasteiger partial charge in [-0.05, 0) is 18.1 Å². The number of fused-ring (bicyclic) bond motifs is 1. The van der Waals surface area contributed by atoms with Crippen molar-refractivity contribution in [1.82, 2.24) is 25.1 Å². The number of rotatable bonds is 6. The van der Waals surface area contributed by atoms with Gasteiger partial charge in [0.15, 0.2) is 0 Å². The van der Waals surface area contributed by atoms with Crippen molar-refractivity contribution in [2.45, 2.75) is 26.4 Å². The maximum absolute atomic E-state index is 6.57. The minimum absolute atomic E-state index is 0.0762. The minimum Gasteiger partial charge on any atom is -0.341 e. The maximum Gasteiger partial charge on any atom is 0.131 e. The highest BCUT2D eigenvalue weighted by Gasteiger charge is 2.22. The number of H-pyrrole nitrogens is 1. The summed E-state index contributed by atoms with van der Waals surface area (Å²) in [6.07, 6.45) is 0. The van der Waals surface area contributed by atoms with E-state index in [0.717, 1.165) is 33.7 Å². The second-order valence-electron chi connectivity index (χ2n) is 7.35. The highest BCUT2D eigenvalue weighted by Crippen LogP contribution is 2.30. The molecule has 0 saturated heterocycles. The lowest BCUT2D eigenvalue weighted by Gasteiger charge is -2.20. The Morgan fingerprint density at radius 2 is 1.79 bits per heavy atom. The van der Waals surface area contributed by atoms with Crippen LogP contribution >= 0.6 is 11.6 Å². The Kier molecular flexibility index (Phi) is 5.20. The third-order valence-corrected chi connectivity index (χ3v) is 5.46. The number of nitrogens with one attached hydrogen (secondary N) is 2. The van der Waals surface area contributed by atoms with E-state index in [1.54, 1.807) is 4.68 Å². The summed E-state index contributed by atoms with van der Waals surface area (Å²) >= 11 is 6.57. The van der Waals surface area contributed by atoms with E-state index < -0.39 is 0 Å². The molecule has 4 rings (SSSR count). The molecule has 1 unspecified atom stereocenters. The molecule has 2 heterocycles. The van der Waals surface area contributed by atoms with Crippen LogP contribution in [-0.2, 0) is 13.6 Å². The first kappa shape index (κ1) is 18.7. The minimum atomic E-state index is 0.0762. The summed E-state index contributed by atoms with van der Waals surface area (Å²) < 4.78 is 1.73. The van der Waals surface area contributed by atoms with Gasteiger partial charge in [0.1, 0.15) is 11.0 Å². The first-order valence-electron chi connectivity index (χ1n) is 9.49. The van der Waals surface area contributed by atoms with Gasteiger partial charge in [0.2, 0.25) is 0 Å². The van der Waals surface area contributed by atoms with Crippen LogP contribution in [0.25, 0.3) is 22.3 Å². The normalized spacial score (nSPS) is 12.8. The number of nitrogens with zero attached hydrogens (tertiary/aromatic N) is 3. The molecule has 144 valence electrons. The van der Waals surface area contributed by atoms with Gasteiger partial charge in [-0.1, -0.05) is 67.9 Å². The van der Waals surface area contributed by atoms with Crippen molar-refractivity contribution in [3.8, 4) is 11.3 Å². The van der Waals surface area contributed by atoms with Crippen LogP contribution in [0.15, 0.2) is 54.6 Å². The third-order valence-electron chi connectivity index (χ3n) is 4.98. The molecule has 2 N–H and O–H groups in total. The third kappa shape index (κ3) is 3.55. The van der Waals surface area contributed by atoms with E-state index >= 15 is 0 Å². The molecule has 5 nitrogen and oxygen atoms in total. The Balaban J connectivity index is 1.63. The number of para-hydroxylation sites is 2. The van der Waals surface area contributed by atoms with Crippen LogP contribution < -0.4 is 5.32 Å². The van der Waals surface area contributed by atoms with Crippen molar-refractivity contribution in [3.05, 3.63) is 71.1 Å². The summed E-state index contributed by atoms with van der Waals surface area (Å²) in [5.41, 5.74) is 5.00. The lowest BCUT2D eigenvalue weighted by molar-refractivity contribution is 0.396. The molecule has 28 heavy (non-hydrogen) atoms. The van der Waals surface area contributed by atoms with Gasteiger partial charge >= 0.3 is 0 Å². The van der Waals surface area contributed by atoms with Crippen molar-refractivity contribution in [1.29, 1.82) is 0 Å². The summed E-state index contributed by atoms with van der Waals surface area (Å²) in [6.45, 7) is 4.98. The predicted molar refractivity (Wildman–Crippen MR) is 114 cm³/mol. The van der Waals surface area contributed by atoms with Gasteiger partial charge < -0.3 is 10.3 Å². The quantitative estimate of drug-likeness (QED) is 0.479. The van der Waals surface area contributed by atoms with Crippen LogP contribution in [0.2, 0.25) is 5.15 Å². The number of hydrogen-bond donors (Lipinski definition) is 2. The molecule has 0 fully saturated rings. The Morgan fingerprint density at radius 1 is 1.07 bits per heavy atom. The van der Waals surface area contributed by atoms with Gasteiger partial charge in [0.05, 0.1) is 22.8 Å². The largest absolute Gasteiger partial charge is 0.341 e. The lowest BCUT2D eigenvalue weighted by atomic mass is 10.0. The van der Waals surface area contributed by atoms with Crippen molar-refractivity contribution in [2.75, 3.05) is 0 Å². The van der Waals surface area contributed by atoms with Crippen molar-refractivity contribution < 1.29 is 0 Å². The van der Waals surface area contributed by atoms with Gasteiger partial charge in [-0.25, -0.2) is 4.98 Å². The summed E-state index contributed by atoms with van der Waals surface area (Å²) in [7, 11) is 1.87. The number of imidazole rings is 1. The maximum atomic E-state index is 6.57. The first-order chi connectivity index (χ1) is 13.5. The zero-order valence-corrected chi connectivity index (χ0v) is 17.0. The van der Waals surface area contributed by atoms with Gasteiger partial charge in [-0.15, -0.1) is 0 Å². The van der Waals surface area contributed by atoms with E-state index in [4.69, 9.17) is 16.6 Å². The average molecular weight is 394 g/mol. The number of aromatic amines is 1. The number of aryl methyl sites for hydroxylation is 1. The Morgan fingerprint density at radius 3 is 2.50 bits per heavy atom. The average Bonchev–Trinajstić information content (AvgIpc) is 3.24. The molecule has 0 amide bonds. The van der Waals surface area contributed by atoms with E-state index in [1.807, 2.05) is 43.4 Å². The summed E-state index contributed by atoms with van der Waals surface area (Å²) in [4.78, 5) is 8.23. The lowest BCUT2D eigenvalue weighted by Crippen LogP contribution is -2.26. The molecule has 0 aliphatic heterocycles. The molecule has 0 spiro atoms. The van der Waals surface area contributed by atoms with E-state index in [2.05, 4.69) is 47.4 Å². The SMILES string of the molecule is CC(C)C(NCc1c(-c2ccccc2)nn(C)c1Cl)c1nc2ccccc2[nH]1. The molecule has 0 aliphatic rings. The standard InChI is InChI=1S/C22H24ClN5/c1-14(2)19(22-25-17-11-7-8-12-18(17)26-22)24-13-16-20(27-28(3)21(16)23)15-9-5-4-6-10-15/h4-12,14,19,24H,13H2,1-3H3,(H,25,26). The first-order valence-corrected chi connectivity index (χ1v) is 9.87. The molecule has 2 aromatic heterocycles. The van der Waals surface area contributed by atoms with Gasteiger partial charge in [0.25, 0.3) is 0 Å². The summed E-state index contributed by atoms with van der Waals surface area (Å²) in [5.74, 6) is 1.30. The smallest absolute Gasteiger partial charge is 0.131 e. The monoisotopic (exact) mass is 393 g/mol. The Bertz CT molecular complexity index is 1050. The van der Waals surface area contributed by atoms with Crippen LogP contribution in [0.1, 0.15) is 31.3 Å². The van der Waals surface area contributed by atoms with Crippen molar-refractivity contribution in [2.24, 2.45) is 13.0 Å². The van der Waals surface area contributed by atoms with Crippen LogP contribution in [-0.4, -0.2) is 19.7 Å². The fourth-order valence-electron chi connectivity index (χ4n) is 3.51. The molecule has 4 aromatic rings.